The molecule has 0 radical (unpaired) electrons. The van der Waals surface area contributed by atoms with E-state index in [0.717, 1.165) is 37.3 Å². The molecule has 1 aliphatic heterocycles. The summed E-state index contributed by atoms with van der Waals surface area (Å²) in [5.74, 6) is 0.652. The normalized spacial score (nSPS) is 17.7. The summed E-state index contributed by atoms with van der Waals surface area (Å²) in [7, 11) is 2.13. The highest BCUT2D eigenvalue weighted by atomic mass is 16.1. The number of rotatable bonds is 3. The molecular weight excluding hydrogens is 226 g/mol. The lowest BCUT2D eigenvalue weighted by molar-refractivity contribution is -0.117. The van der Waals surface area contributed by atoms with Crippen LogP contribution in [0, 0.1) is 12.8 Å². The maximum atomic E-state index is 11.9. The second-order valence-corrected chi connectivity index (χ2v) is 5.18. The van der Waals surface area contributed by atoms with Crippen molar-refractivity contribution in [3.8, 4) is 0 Å². The molecule has 18 heavy (non-hydrogen) atoms. The summed E-state index contributed by atoms with van der Waals surface area (Å²) < 4.78 is 0. The Labute approximate surface area is 108 Å². The Kier molecular flexibility index (Phi) is 4.31. The van der Waals surface area contributed by atoms with Crippen LogP contribution in [0.4, 0.5) is 5.69 Å². The van der Waals surface area contributed by atoms with Gasteiger partial charge in [-0.3, -0.25) is 9.78 Å². The molecule has 0 aliphatic carbocycles. The number of nitrogens with zero attached hydrogens (tertiary/aromatic N) is 2. The summed E-state index contributed by atoms with van der Waals surface area (Å²) in [6, 6.07) is 3.73. The Hall–Kier alpha value is -1.42. The third kappa shape index (κ3) is 3.81. The van der Waals surface area contributed by atoms with Crippen LogP contribution in [0.15, 0.2) is 18.3 Å². The Morgan fingerprint density at radius 2 is 2.22 bits per heavy atom. The van der Waals surface area contributed by atoms with Gasteiger partial charge in [0.2, 0.25) is 5.91 Å². The largest absolute Gasteiger partial charge is 0.326 e. The molecule has 4 nitrogen and oxygen atoms in total. The van der Waals surface area contributed by atoms with Crippen molar-refractivity contribution < 1.29 is 4.79 Å². The summed E-state index contributed by atoms with van der Waals surface area (Å²) in [5.41, 5.74) is 1.77. The van der Waals surface area contributed by atoms with Gasteiger partial charge in [0.05, 0.1) is 0 Å². The van der Waals surface area contributed by atoms with E-state index in [4.69, 9.17) is 0 Å². The van der Waals surface area contributed by atoms with Crippen LogP contribution in [-0.4, -0.2) is 35.9 Å². The van der Waals surface area contributed by atoms with E-state index in [2.05, 4.69) is 22.2 Å². The maximum absolute atomic E-state index is 11.9. The molecule has 1 aliphatic rings. The first kappa shape index (κ1) is 13.0. The lowest BCUT2D eigenvalue weighted by Gasteiger charge is -2.28. The molecule has 2 heterocycles. The first-order chi connectivity index (χ1) is 8.63. The summed E-state index contributed by atoms with van der Waals surface area (Å²) in [6.45, 7) is 4.13. The Morgan fingerprint density at radius 3 is 2.89 bits per heavy atom. The molecule has 1 amide bonds. The Bertz CT molecular complexity index is 411. The minimum Gasteiger partial charge on any atom is -0.326 e. The fourth-order valence-corrected chi connectivity index (χ4v) is 2.36. The van der Waals surface area contributed by atoms with Crippen LogP contribution in [0.25, 0.3) is 0 Å². The Balaban J connectivity index is 1.82. The summed E-state index contributed by atoms with van der Waals surface area (Å²) in [6.07, 6.45) is 4.61. The number of likely N-dealkylation sites (tertiary alicyclic amines) is 1. The van der Waals surface area contributed by atoms with Crippen LogP contribution < -0.4 is 5.32 Å². The lowest BCUT2D eigenvalue weighted by atomic mass is 9.93. The molecule has 98 valence electrons. The van der Waals surface area contributed by atoms with Crippen LogP contribution in [0.2, 0.25) is 0 Å². The highest BCUT2D eigenvalue weighted by molar-refractivity contribution is 5.90. The predicted octanol–water partition coefficient (Wildman–Crippen LogP) is 2.06. The van der Waals surface area contributed by atoms with Gasteiger partial charge in [0.15, 0.2) is 0 Å². The van der Waals surface area contributed by atoms with Gasteiger partial charge in [-0.25, -0.2) is 0 Å². The van der Waals surface area contributed by atoms with E-state index >= 15 is 0 Å². The van der Waals surface area contributed by atoms with Gasteiger partial charge in [0.25, 0.3) is 0 Å². The SMILES string of the molecule is Cc1cc(NC(=O)CC2CCN(C)CC2)ccn1. The van der Waals surface area contributed by atoms with Gasteiger partial charge in [0.1, 0.15) is 0 Å². The van der Waals surface area contributed by atoms with Crippen molar-refractivity contribution in [1.29, 1.82) is 0 Å². The van der Waals surface area contributed by atoms with Gasteiger partial charge in [-0.2, -0.15) is 0 Å². The van der Waals surface area contributed by atoms with Gasteiger partial charge in [-0.1, -0.05) is 0 Å². The topological polar surface area (TPSA) is 45.2 Å². The molecule has 0 unspecified atom stereocenters. The van der Waals surface area contributed by atoms with Gasteiger partial charge in [-0.05, 0) is 58.0 Å². The predicted molar refractivity (Wildman–Crippen MR) is 72.4 cm³/mol. The van der Waals surface area contributed by atoms with Crippen molar-refractivity contribution in [2.45, 2.75) is 26.2 Å². The van der Waals surface area contributed by atoms with E-state index in [0.29, 0.717) is 12.3 Å². The molecule has 0 bridgehead atoms. The van der Waals surface area contributed by atoms with Crippen molar-refractivity contribution in [3.63, 3.8) is 0 Å². The number of piperidine rings is 1. The van der Waals surface area contributed by atoms with Crippen molar-refractivity contribution in [3.05, 3.63) is 24.0 Å². The number of carbonyl (C=O) groups is 1. The molecular formula is C14H21N3O. The summed E-state index contributed by atoms with van der Waals surface area (Å²) in [5, 5.41) is 2.95. The van der Waals surface area contributed by atoms with Crippen molar-refractivity contribution in [1.82, 2.24) is 9.88 Å². The molecule has 0 spiro atoms. The average Bonchev–Trinajstić information content (AvgIpc) is 2.32. The van der Waals surface area contributed by atoms with Gasteiger partial charge in [0, 0.05) is 24.0 Å². The number of carbonyl (C=O) groups excluding carboxylic acids is 1. The van der Waals surface area contributed by atoms with Crippen molar-refractivity contribution in [2.75, 3.05) is 25.5 Å². The van der Waals surface area contributed by atoms with Crippen LogP contribution in [-0.2, 0) is 4.79 Å². The first-order valence-electron chi connectivity index (χ1n) is 6.54. The molecule has 0 saturated carbocycles. The Morgan fingerprint density at radius 1 is 1.50 bits per heavy atom. The average molecular weight is 247 g/mol. The van der Waals surface area contributed by atoms with Gasteiger partial charge in [-0.15, -0.1) is 0 Å². The quantitative estimate of drug-likeness (QED) is 0.889. The highest BCUT2D eigenvalue weighted by Crippen LogP contribution is 2.20. The van der Waals surface area contributed by atoms with Crippen LogP contribution in [0.1, 0.15) is 25.0 Å². The third-order valence-electron chi connectivity index (χ3n) is 3.49. The second kappa shape index (κ2) is 5.96. The fourth-order valence-electron chi connectivity index (χ4n) is 2.36. The molecule has 1 N–H and O–H groups in total. The number of amides is 1. The number of hydrogen-bond acceptors (Lipinski definition) is 3. The van der Waals surface area contributed by atoms with E-state index in [1.165, 1.54) is 0 Å². The molecule has 0 atom stereocenters. The zero-order chi connectivity index (χ0) is 13.0. The first-order valence-corrected chi connectivity index (χ1v) is 6.54. The standard InChI is InChI=1S/C14H21N3O/c1-11-9-13(3-6-15-11)16-14(18)10-12-4-7-17(2)8-5-12/h3,6,9,12H,4-5,7-8,10H2,1-2H3,(H,15,16,18). The molecule has 4 heteroatoms. The van der Waals surface area contributed by atoms with Crippen LogP contribution in [0.3, 0.4) is 0 Å². The van der Waals surface area contributed by atoms with Crippen LogP contribution >= 0.6 is 0 Å². The van der Waals surface area contributed by atoms with E-state index in [1.807, 2.05) is 19.1 Å². The number of nitrogens with one attached hydrogen (secondary N) is 1. The smallest absolute Gasteiger partial charge is 0.224 e. The number of anilines is 1. The van der Waals surface area contributed by atoms with E-state index in [9.17, 15) is 4.79 Å². The zero-order valence-corrected chi connectivity index (χ0v) is 11.1. The molecule has 1 saturated heterocycles. The van der Waals surface area contributed by atoms with E-state index in [1.54, 1.807) is 6.20 Å². The molecule has 1 aromatic rings. The monoisotopic (exact) mass is 247 g/mol. The zero-order valence-electron chi connectivity index (χ0n) is 11.1. The van der Waals surface area contributed by atoms with Crippen LogP contribution in [0.5, 0.6) is 0 Å². The lowest BCUT2D eigenvalue weighted by Crippen LogP contribution is -2.31. The van der Waals surface area contributed by atoms with E-state index < -0.39 is 0 Å². The number of aryl methyl sites for hydroxylation is 1. The molecule has 1 fully saturated rings. The van der Waals surface area contributed by atoms with Gasteiger partial charge < -0.3 is 10.2 Å². The van der Waals surface area contributed by atoms with E-state index in [-0.39, 0.29) is 5.91 Å². The number of pyridine rings is 1. The maximum Gasteiger partial charge on any atom is 0.224 e. The van der Waals surface area contributed by atoms with Gasteiger partial charge >= 0.3 is 0 Å². The summed E-state index contributed by atoms with van der Waals surface area (Å²) >= 11 is 0. The molecule has 2 rings (SSSR count). The fraction of sp³-hybridized carbons (Fsp3) is 0.571. The number of aromatic nitrogens is 1. The summed E-state index contributed by atoms with van der Waals surface area (Å²) in [4.78, 5) is 18.4. The third-order valence-corrected chi connectivity index (χ3v) is 3.49. The van der Waals surface area contributed by atoms with Crippen molar-refractivity contribution >= 4 is 11.6 Å². The second-order valence-electron chi connectivity index (χ2n) is 5.18. The minimum absolute atomic E-state index is 0.121. The number of hydrogen-bond donors (Lipinski definition) is 1. The minimum atomic E-state index is 0.121. The molecule has 1 aromatic heterocycles. The highest BCUT2D eigenvalue weighted by Gasteiger charge is 2.19. The molecule has 0 aromatic carbocycles. The van der Waals surface area contributed by atoms with Crippen molar-refractivity contribution in [2.24, 2.45) is 5.92 Å².